The molecule has 3 aliphatic heterocycles. The molecule has 1 spiro atoms. The topological polar surface area (TPSA) is 52.7 Å². The van der Waals surface area contributed by atoms with E-state index in [9.17, 15) is 14.0 Å². The molecular formula is C26H30FN3O2. The first-order chi connectivity index (χ1) is 15.5. The lowest BCUT2D eigenvalue weighted by atomic mass is 9.79. The van der Waals surface area contributed by atoms with Crippen molar-refractivity contribution in [3.05, 3.63) is 71.0 Å². The van der Waals surface area contributed by atoms with Gasteiger partial charge in [0, 0.05) is 38.5 Å². The molecule has 5 nitrogen and oxygen atoms in total. The van der Waals surface area contributed by atoms with Gasteiger partial charge in [0.25, 0.3) is 0 Å². The monoisotopic (exact) mass is 435 g/mol. The van der Waals surface area contributed by atoms with Crippen molar-refractivity contribution in [1.29, 1.82) is 0 Å². The highest BCUT2D eigenvalue weighted by atomic mass is 19.1. The van der Waals surface area contributed by atoms with Gasteiger partial charge in [0.1, 0.15) is 5.82 Å². The fraction of sp³-hybridized carbons (Fsp3) is 0.462. The van der Waals surface area contributed by atoms with Gasteiger partial charge in [-0.1, -0.05) is 42.8 Å². The first-order valence-corrected chi connectivity index (χ1v) is 11.7. The Balaban J connectivity index is 1.35. The van der Waals surface area contributed by atoms with E-state index in [0.717, 1.165) is 44.3 Å². The summed E-state index contributed by atoms with van der Waals surface area (Å²) in [6.45, 7) is 3.12. The molecule has 3 heterocycles. The Labute approximate surface area is 188 Å². The maximum Gasteiger partial charge on any atom is 0.236 e. The zero-order valence-electron chi connectivity index (χ0n) is 18.4. The Bertz CT molecular complexity index is 1010. The molecule has 1 N–H and O–H groups in total. The van der Waals surface area contributed by atoms with Gasteiger partial charge in [0.15, 0.2) is 0 Å². The van der Waals surface area contributed by atoms with Crippen LogP contribution < -0.4 is 5.32 Å². The average Bonchev–Trinajstić information content (AvgIpc) is 3.05. The Morgan fingerprint density at radius 2 is 1.84 bits per heavy atom. The molecule has 0 aliphatic carbocycles. The highest BCUT2D eigenvalue weighted by Gasteiger charge is 2.49. The zero-order valence-corrected chi connectivity index (χ0v) is 18.4. The van der Waals surface area contributed by atoms with Crippen molar-refractivity contribution >= 4 is 11.8 Å². The van der Waals surface area contributed by atoms with Crippen molar-refractivity contribution in [3.63, 3.8) is 0 Å². The van der Waals surface area contributed by atoms with E-state index in [1.54, 1.807) is 12.1 Å². The molecule has 0 aromatic heterocycles. The predicted octanol–water partition coefficient (Wildman–Crippen LogP) is 3.24. The second-order valence-electron chi connectivity index (χ2n) is 9.52. The molecule has 5 rings (SSSR count). The molecule has 6 heteroatoms. The number of nitrogens with zero attached hydrogens (tertiary/aromatic N) is 2. The lowest BCUT2D eigenvalue weighted by Gasteiger charge is -2.35. The molecule has 2 fully saturated rings. The molecule has 2 aromatic rings. The summed E-state index contributed by atoms with van der Waals surface area (Å²) in [6, 6.07) is 15.0. The molecule has 2 amide bonds. The molecule has 2 saturated heterocycles. The number of rotatable bonds is 3. The van der Waals surface area contributed by atoms with Gasteiger partial charge < -0.3 is 10.2 Å². The van der Waals surface area contributed by atoms with E-state index in [2.05, 4.69) is 34.5 Å². The van der Waals surface area contributed by atoms with Gasteiger partial charge in [0.2, 0.25) is 11.8 Å². The van der Waals surface area contributed by atoms with Crippen LogP contribution in [0.4, 0.5) is 4.39 Å². The fourth-order valence-corrected chi connectivity index (χ4v) is 5.71. The van der Waals surface area contributed by atoms with Crippen molar-refractivity contribution < 1.29 is 14.0 Å². The van der Waals surface area contributed by atoms with Crippen LogP contribution in [-0.4, -0.2) is 53.3 Å². The number of fused-ring (bicyclic) bond motifs is 1. The number of hydrogen-bond donors (Lipinski definition) is 1. The van der Waals surface area contributed by atoms with Gasteiger partial charge in [-0.15, -0.1) is 0 Å². The molecule has 0 saturated carbocycles. The van der Waals surface area contributed by atoms with E-state index >= 15 is 0 Å². The van der Waals surface area contributed by atoms with Crippen molar-refractivity contribution in [1.82, 2.24) is 15.1 Å². The van der Waals surface area contributed by atoms with Crippen LogP contribution in [0.5, 0.6) is 0 Å². The molecule has 3 aliphatic rings. The Morgan fingerprint density at radius 3 is 2.66 bits per heavy atom. The molecule has 0 radical (unpaired) electrons. The number of halogens is 1. The number of nitrogens with one attached hydrogen (secondary N) is 1. The van der Waals surface area contributed by atoms with Crippen LogP contribution >= 0.6 is 0 Å². The van der Waals surface area contributed by atoms with E-state index in [1.165, 1.54) is 23.3 Å². The summed E-state index contributed by atoms with van der Waals surface area (Å²) in [4.78, 5) is 30.0. The molecule has 2 atom stereocenters. The quantitative estimate of drug-likeness (QED) is 0.805. The minimum atomic E-state index is -0.477. The summed E-state index contributed by atoms with van der Waals surface area (Å²) >= 11 is 0. The minimum absolute atomic E-state index is 0.0313. The summed E-state index contributed by atoms with van der Waals surface area (Å²) in [5.41, 5.74) is 3.17. The molecule has 168 valence electrons. The van der Waals surface area contributed by atoms with Crippen molar-refractivity contribution in [2.75, 3.05) is 26.2 Å². The van der Waals surface area contributed by atoms with Crippen LogP contribution in [0.15, 0.2) is 48.5 Å². The van der Waals surface area contributed by atoms with Crippen LogP contribution in [-0.2, 0) is 22.6 Å². The third kappa shape index (κ3) is 4.16. The highest BCUT2D eigenvalue weighted by molar-refractivity contribution is 5.80. The zero-order chi connectivity index (χ0) is 22.1. The van der Waals surface area contributed by atoms with Crippen LogP contribution in [0.25, 0.3) is 0 Å². The number of likely N-dealkylation sites (tertiary alicyclic amines) is 1. The third-order valence-corrected chi connectivity index (χ3v) is 7.40. The van der Waals surface area contributed by atoms with Gasteiger partial charge in [-0.05, 0) is 48.1 Å². The lowest BCUT2D eigenvalue weighted by Crippen LogP contribution is -2.53. The predicted molar refractivity (Wildman–Crippen MR) is 120 cm³/mol. The third-order valence-electron chi connectivity index (χ3n) is 7.40. The Morgan fingerprint density at radius 1 is 1.06 bits per heavy atom. The molecule has 32 heavy (non-hydrogen) atoms. The van der Waals surface area contributed by atoms with Crippen molar-refractivity contribution in [2.24, 2.45) is 0 Å². The average molecular weight is 436 g/mol. The maximum atomic E-state index is 13.6. The molecule has 0 unspecified atom stereocenters. The Hall–Kier alpha value is -2.73. The Kier molecular flexibility index (Phi) is 5.72. The molecular weight excluding hydrogens is 405 g/mol. The number of benzene rings is 2. The van der Waals surface area contributed by atoms with Crippen LogP contribution in [0.3, 0.4) is 0 Å². The summed E-state index contributed by atoms with van der Waals surface area (Å²) < 4.78 is 13.6. The molecule has 0 bridgehead atoms. The normalized spacial score (nSPS) is 26.0. The summed E-state index contributed by atoms with van der Waals surface area (Å²) in [5.74, 6) is -0.149. The second kappa shape index (κ2) is 8.66. The van der Waals surface area contributed by atoms with Crippen molar-refractivity contribution in [3.8, 4) is 0 Å². The SMILES string of the molecule is O=C1CCCC[C@]2(CN(C(=O)CN3CCc4ccccc4C3)C[C@H]2c2ccc(F)cc2)N1. The van der Waals surface area contributed by atoms with E-state index in [4.69, 9.17) is 0 Å². The van der Waals surface area contributed by atoms with Gasteiger partial charge in [-0.3, -0.25) is 14.5 Å². The lowest BCUT2D eigenvalue weighted by molar-refractivity contribution is -0.132. The van der Waals surface area contributed by atoms with Crippen molar-refractivity contribution in [2.45, 2.75) is 50.1 Å². The largest absolute Gasteiger partial charge is 0.348 e. The van der Waals surface area contributed by atoms with Gasteiger partial charge in [-0.25, -0.2) is 4.39 Å². The first kappa shape index (κ1) is 21.1. The van der Waals surface area contributed by atoms with E-state index in [-0.39, 0.29) is 23.5 Å². The number of hydrogen-bond acceptors (Lipinski definition) is 3. The van der Waals surface area contributed by atoms with E-state index < -0.39 is 5.54 Å². The van der Waals surface area contributed by atoms with E-state index in [0.29, 0.717) is 26.1 Å². The van der Waals surface area contributed by atoms with Gasteiger partial charge in [0.05, 0.1) is 12.1 Å². The van der Waals surface area contributed by atoms with E-state index in [1.807, 2.05) is 4.90 Å². The smallest absolute Gasteiger partial charge is 0.236 e. The fourth-order valence-electron chi connectivity index (χ4n) is 5.71. The van der Waals surface area contributed by atoms with Gasteiger partial charge in [-0.2, -0.15) is 0 Å². The summed E-state index contributed by atoms with van der Waals surface area (Å²) in [7, 11) is 0. The number of carbonyl (C=O) groups is 2. The summed E-state index contributed by atoms with van der Waals surface area (Å²) in [6.07, 6.45) is 4.13. The van der Waals surface area contributed by atoms with Crippen LogP contribution in [0.2, 0.25) is 0 Å². The number of amides is 2. The van der Waals surface area contributed by atoms with Gasteiger partial charge >= 0.3 is 0 Å². The van der Waals surface area contributed by atoms with Crippen LogP contribution in [0.1, 0.15) is 48.3 Å². The number of carbonyl (C=O) groups excluding carboxylic acids is 2. The summed E-state index contributed by atoms with van der Waals surface area (Å²) in [5, 5.41) is 3.28. The maximum absolute atomic E-state index is 13.6. The highest BCUT2D eigenvalue weighted by Crippen LogP contribution is 2.41. The first-order valence-electron chi connectivity index (χ1n) is 11.7. The standard InChI is InChI=1S/C26H30FN3O2/c27-22-10-8-20(9-11-22)23-16-30(18-26(23)13-4-3-7-24(31)28-26)25(32)17-29-14-12-19-5-1-2-6-21(19)15-29/h1-2,5-6,8-11,23H,3-4,7,12-18H2,(H,28,31)/t23-,26+/m0/s1. The second-order valence-corrected chi connectivity index (χ2v) is 9.52. The van der Waals surface area contributed by atoms with Crippen LogP contribution in [0, 0.1) is 5.82 Å². The molecule has 2 aromatic carbocycles. The minimum Gasteiger partial charge on any atom is -0.348 e.